The average molecular weight is 447 g/mol. The molecule has 1 unspecified atom stereocenters. The van der Waals surface area contributed by atoms with Crippen molar-refractivity contribution in [2.45, 2.75) is 45.6 Å². The number of fused-ring (bicyclic) bond motifs is 1. The lowest BCUT2D eigenvalue weighted by molar-refractivity contribution is 0.0733. The van der Waals surface area contributed by atoms with Gasteiger partial charge in [-0.3, -0.25) is 4.79 Å². The van der Waals surface area contributed by atoms with Crippen LogP contribution in [-0.2, 0) is 0 Å². The maximum absolute atomic E-state index is 13.4. The van der Waals surface area contributed by atoms with E-state index in [1.807, 2.05) is 53.6 Å². The first-order valence-corrected chi connectivity index (χ1v) is 11.8. The van der Waals surface area contributed by atoms with Crippen molar-refractivity contribution in [3.63, 3.8) is 0 Å². The second kappa shape index (κ2) is 8.35. The van der Waals surface area contributed by atoms with Crippen LogP contribution >= 0.6 is 11.3 Å². The SMILES string of the molecule is Cc1csc(Nc2cccc(C3CCCN3C(=O)c3ccc4nc(C(C)C)[nH]c4c3)n2)n1. The fourth-order valence-corrected chi connectivity index (χ4v) is 4.84. The van der Waals surface area contributed by atoms with E-state index >= 15 is 0 Å². The van der Waals surface area contributed by atoms with Gasteiger partial charge >= 0.3 is 0 Å². The van der Waals surface area contributed by atoms with Crippen molar-refractivity contribution in [1.29, 1.82) is 0 Å². The molecule has 5 rings (SSSR count). The van der Waals surface area contributed by atoms with Crippen molar-refractivity contribution < 1.29 is 4.79 Å². The fraction of sp³-hybridized carbons (Fsp3) is 0.333. The van der Waals surface area contributed by atoms with Gasteiger partial charge in [0.1, 0.15) is 11.6 Å². The lowest BCUT2D eigenvalue weighted by Crippen LogP contribution is -2.31. The predicted molar refractivity (Wildman–Crippen MR) is 128 cm³/mol. The molecule has 1 aliphatic rings. The molecule has 0 radical (unpaired) electrons. The molecule has 1 saturated heterocycles. The number of thiazole rings is 1. The van der Waals surface area contributed by atoms with E-state index in [-0.39, 0.29) is 11.9 Å². The molecule has 1 aromatic carbocycles. The van der Waals surface area contributed by atoms with Crippen LogP contribution in [0.1, 0.15) is 66.2 Å². The van der Waals surface area contributed by atoms with Crippen molar-refractivity contribution in [2.24, 2.45) is 0 Å². The van der Waals surface area contributed by atoms with Crippen LogP contribution in [0.4, 0.5) is 10.9 Å². The maximum atomic E-state index is 13.4. The van der Waals surface area contributed by atoms with Gasteiger partial charge in [-0.15, -0.1) is 11.3 Å². The monoisotopic (exact) mass is 446 g/mol. The first-order chi connectivity index (χ1) is 15.5. The summed E-state index contributed by atoms with van der Waals surface area (Å²) in [5.41, 5.74) is 4.35. The normalized spacial score (nSPS) is 16.2. The van der Waals surface area contributed by atoms with Gasteiger partial charge in [0.05, 0.1) is 28.5 Å². The minimum atomic E-state index is -0.0361. The Morgan fingerprint density at radius 2 is 2.09 bits per heavy atom. The molecule has 0 aliphatic carbocycles. The second-order valence-electron chi connectivity index (χ2n) is 8.53. The number of pyridine rings is 1. The largest absolute Gasteiger partial charge is 0.342 e. The summed E-state index contributed by atoms with van der Waals surface area (Å²) in [5.74, 6) is 2.03. The zero-order chi connectivity index (χ0) is 22.2. The molecule has 2 N–H and O–H groups in total. The number of H-pyrrole nitrogens is 1. The summed E-state index contributed by atoms with van der Waals surface area (Å²) in [7, 11) is 0. The van der Waals surface area contributed by atoms with Gasteiger partial charge in [-0.05, 0) is 50.1 Å². The molecule has 0 saturated carbocycles. The number of nitrogens with one attached hydrogen (secondary N) is 2. The van der Waals surface area contributed by atoms with E-state index in [1.165, 1.54) is 0 Å². The number of aryl methyl sites for hydroxylation is 1. The molecule has 0 bridgehead atoms. The lowest BCUT2D eigenvalue weighted by Gasteiger charge is -2.24. The van der Waals surface area contributed by atoms with Crippen molar-refractivity contribution in [3.8, 4) is 0 Å². The van der Waals surface area contributed by atoms with Crippen LogP contribution in [0.25, 0.3) is 11.0 Å². The van der Waals surface area contributed by atoms with Crippen molar-refractivity contribution in [2.75, 3.05) is 11.9 Å². The standard InChI is InChI=1S/C24H26N6OS/c1-14(2)22-27-17-10-9-16(12-19(17)28-22)23(31)30-11-5-7-20(30)18-6-4-8-21(26-18)29-24-25-15(3)13-32-24/h4,6,8-10,12-14,20H,5,7,11H2,1-3H3,(H,27,28)(H,25,26,29). The van der Waals surface area contributed by atoms with Crippen LogP contribution in [-0.4, -0.2) is 37.3 Å². The average Bonchev–Trinajstić information content (AvgIpc) is 3.52. The van der Waals surface area contributed by atoms with Gasteiger partial charge in [-0.2, -0.15) is 0 Å². The number of rotatable bonds is 5. The van der Waals surface area contributed by atoms with Gasteiger partial charge in [0.15, 0.2) is 5.13 Å². The van der Waals surface area contributed by atoms with Crippen LogP contribution in [0.2, 0.25) is 0 Å². The number of hydrogen-bond acceptors (Lipinski definition) is 6. The molecule has 0 spiro atoms. The molecule has 1 atom stereocenters. The summed E-state index contributed by atoms with van der Waals surface area (Å²) in [6.45, 7) is 6.90. The Balaban J connectivity index is 1.39. The van der Waals surface area contributed by atoms with E-state index in [1.54, 1.807) is 11.3 Å². The lowest BCUT2D eigenvalue weighted by atomic mass is 10.1. The summed E-state index contributed by atoms with van der Waals surface area (Å²) in [5, 5.41) is 6.10. The van der Waals surface area contributed by atoms with Gasteiger partial charge in [0.25, 0.3) is 5.91 Å². The number of anilines is 2. The Morgan fingerprint density at radius 1 is 1.22 bits per heavy atom. The third kappa shape index (κ3) is 3.98. The van der Waals surface area contributed by atoms with Crippen LogP contribution in [0.3, 0.4) is 0 Å². The number of carbonyl (C=O) groups excluding carboxylic acids is 1. The zero-order valence-electron chi connectivity index (χ0n) is 18.4. The van der Waals surface area contributed by atoms with E-state index in [2.05, 4.69) is 34.1 Å². The molecule has 1 fully saturated rings. The van der Waals surface area contributed by atoms with Crippen molar-refractivity contribution >= 4 is 39.2 Å². The number of imidazole rings is 1. The highest BCUT2D eigenvalue weighted by atomic mass is 32.1. The van der Waals surface area contributed by atoms with Gasteiger partial charge in [-0.1, -0.05) is 19.9 Å². The Labute approximate surface area is 190 Å². The van der Waals surface area contributed by atoms with Crippen molar-refractivity contribution in [3.05, 3.63) is 64.6 Å². The number of benzene rings is 1. The fourth-order valence-electron chi connectivity index (χ4n) is 4.15. The van der Waals surface area contributed by atoms with Crippen LogP contribution in [0.15, 0.2) is 41.8 Å². The van der Waals surface area contributed by atoms with E-state index in [0.29, 0.717) is 11.5 Å². The van der Waals surface area contributed by atoms with Gasteiger partial charge in [0.2, 0.25) is 0 Å². The van der Waals surface area contributed by atoms with E-state index in [0.717, 1.165) is 58.6 Å². The van der Waals surface area contributed by atoms with E-state index < -0.39 is 0 Å². The number of carbonyl (C=O) groups is 1. The molecule has 1 amide bonds. The summed E-state index contributed by atoms with van der Waals surface area (Å²) < 4.78 is 0. The van der Waals surface area contributed by atoms with Crippen LogP contribution in [0.5, 0.6) is 0 Å². The number of aromatic nitrogens is 4. The molecule has 7 nitrogen and oxygen atoms in total. The molecule has 164 valence electrons. The number of nitrogens with zero attached hydrogens (tertiary/aromatic N) is 4. The molecule has 4 heterocycles. The quantitative estimate of drug-likeness (QED) is 0.419. The predicted octanol–water partition coefficient (Wildman–Crippen LogP) is 5.57. The van der Waals surface area contributed by atoms with E-state index in [4.69, 9.17) is 4.98 Å². The first kappa shape index (κ1) is 20.6. The first-order valence-electron chi connectivity index (χ1n) is 10.9. The Bertz CT molecular complexity index is 1280. The molecule has 8 heteroatoms. The van der Waals surface area contributed by atoms with Crippen LogP contribution in [0, 0.1) is 6.92 Å². The zero-order valence-corrected chi connectivity index (χ0v) is 19.2. The van der Waals surface area contributed by atoms with E-state index in [9.17, 15) is 4.79 Å². The number of aromatic amines is 1. The summed E-state index contributed by atoms with van der Waals surface area (Å²) in [6, 6.07) is 11.6. The molecule has 3 aromatic heterocycles. The third-order valence-electron chi connectivity index (χ3n) is 5.77. The van der Waals surface area contributed by atoms with Crippen LogP contribution < -0.4 is 5.32 Å². The summed E-state index contributed by atoms with van der Waals surface area (Å²) in [6.07, 6.45) is 1.87. The molecule has 1 aliphatic heterocycles. The Morgan fingerprint density at radius 3 is 2.88 bits per heavy atom. The minimum absolute atomic E-state index is 0.0332. The number of likely N-dealkylation sites (tertiary alicyclic amines) is 1. The molecule has 32 heavy (non-hydrogen) atoms. The minimum Gasteiger partial charge on any atom is -0.342 e. The smallest absolute Gasteiger partial charge is 0.254 e. The molecular weight excluding hydrogens is 420 g/mol. The number of amides is 1. The highest BCUT2D eigenvalue weighted by Gasteiger charge is 2.32. The summed E-state index contributed by atoms with van der Waals surface area (Å²) >= 11 is 1.55. The van der Waals surface area contributed by atoms with Crippen molar-refractivity contribution in [1.82, 2.24) is 24.8 Å². The van der Waals surface area contributed by atoms with Gasteiger partial charge in [0, 0.05) is 23.4 Å². The second-order valence-corrected chi connectivity index (χ2v) is 9.39. The topological polar surface area (TPSA) is 86.8 Å². The Kier molecular flexibility index (Phi) is 5.38. The van der Waals surface area contributed by atoms with Gasteiger partial charge < -0.3 is 15.2 Å². The number of hydrogen-bond donors (Lipinski definition) is 2. The third-order valence-corrected chi connectivity index (χ3v) is 6.65. The van der Waals surface area contributed by atoms with Gasteiger partial charge in [-0.25, -0.2) is 15.0 Å². The summed E-state index contributed by atoms with van der Waals surface area (Å²) in [4.78, 5) is 32.6. The Hall–Kier alpha value is -3.26. The highest BCUT2D eigenvalue weighted by molar-refractivity contribution is 7.13. The highest BCUT2D eigenvalue weighted by Crippen LogP contribution is 2.33. The molecule has 4 aromatic rings. The maximum Gasteiger partial charge on any atom is 0.254 e. The molecular formula is C24H26N6OS.